The molecule has 0 aliphatic rings. The Morgan fingerprint density at radius 2 is 1.56 bits per heavy atom. The number of halogens is 3. The number of rotatable bonds is 5. The van der Waals surface area contributed by atoms with Crippen molar-refractivity contribution in [2.24, 2.45) is 0 Å². The number of nitrogens with one attached hydrogen (secondary N) is 1. The monoisotopic (exact) mass is 434 g/mol. The first-order valence-corrected chi connectivity index (χ1v) is 9.69. The topological polar surface area (TPSA) is 67.8 Å². The Morgan fingerprint density at radius 1 is 0.875 bits per heavy atom. The van der Waals surface area contributed by atoms with E-state index < -0.39 is 17.6 Å². The summed E-state index contributed by atoms with van der Waals surface area (Å²) in [6.07, 6.45) is 0.0157. The Balaban J connectivity index is 1.67. The fraction of sp³-hybridized carbons (Fsp3) is 0.0833. The van der Waals surface area contributed by atoms with Gasteiger partial charge in [-0.25, -0.2) is 9.97 Å². The second-order valence-electron chi connectivity index (χ2n) is 6.90. The van der Waals surface area contributed by atoms with E-state index in [1.807, 2.05) is 30.3 Å². The largest absolute Gasteiger partial charge is 0.416 e. The van der Waals surface area contributed by atoms with Crippen LogP contribution >= 0.6 is 0 Å². The summed E-state index contributed by atoms with van der Waals surface area (Å²) in [5.41, 5.74) is 1.11. The first-order chi connectivity index (χ1) is 15.4. The minimum Gasteiger partial charge on any atom is -0.348 e. The maximum absolute atomic E-state index is 13.2. The summed E-state index contributed by atoms with van der Waals surface area (Å²) in [6.45, 7) is -0.287. The van der Waals surface area contributed by atoms with Crippen LogP contribution in [0, 0.1) is 0 Å². The van der Waals surface area contributed by atoms with Gasteiger partial charge in [-0.05, 0) is 23.8 Å². The molecule has 2 aromatic carbocycles. The number of carbonyl (C=O) groups is 1. The van der Waals surface area contributed by atoms with Gasteiger partial charge >= 0.3 is 6.18 Å². The average Bonchev–Trinajstić information content (AvgIpc) is 2.83. The molecule has 1 N–H and O–H groups in total. The molecule has 0 saturated heterocycles. The molecule has 32 heavy (non-hydrogen) atoms. The van der Waals surface area contributed by atoms with E-state index in [0.29, 0.717) is 17.1 Å². The van der Waals surface area contributed by atoms with Gasteiger partial charge in [-0.15, -0.1) is 0 Å². The van der Waals surface area contributed by atoms with Crippen molar-refractivity contribution in [1.82, 2.24) is 20.3 Å². The molecule has 4 aromatic rings. The zero-order valence-electron chi connectivity index (χ0n) is 16.7. The lowest BCUT2D eigenvalue weighted by atomic mass is 10.1. The third-order valence-corrected chi connectivity index (χ3v) is 4.78. The minimum absolute atomic E-state index is 0.0272. The highest BCUT2D eigenvalue weighted by Gasteiger charge is 2.33. The lowest BCUT2D eigenvalue weighted by molar-refractivity contribution is -0.138. The van der Waals surface area contributed by atoms with E-state index >= 15 is 0 Å². The van der Waals surface area contributed by atoms with Crippen LogP contribution < -0.4 is 5.32 Å². The van der Waals surface area contributed by atoms with Crippen LogP contribution in [0.25, 0.3) is 22.6 Å². The van der Waals surface area contributed by atoms with Crippen LogP contribution in [0.15, 0.2) is 85.3 Å². The summed E-state index contributed by atoms with van der Waals surface area (Å²) >= 11 is 0. The third kappa shape index (κ3) is 4.64. The number of amides is 1. The molecule has 0 spiro atoms. The lowest BCUT2D eigenvalue weighted by Gasteiger charge is -2.14. The van der Waals surface area contributed by atoms with Crippen LogP contribution in [-0.4, -0.2) is 20.9 Å². The van der Waals surface area contributed by atoms with Crippen molar-refractivity contribution < 1.29 is 18.0 Å². The van der Waals surface area contributed by atoms with Gasteiger partial charge in [0.1, 0.15) is 0 Å². The number of aromatic nitrogens is 3. The van der Waals surface area contributed by atoms with Crippen molar-refractivity contribution in [3.63, 3.8) is 0 Å². The average molecular weight is 434 g/mol. The normalized spacial score (nSPS) is 11.2. The van der Waals surface area contributed by atoms with Gasteiger partial charge in [-0.2, -0.15) is 13.2 Å². The van der Waals surface area contributed by atoms with Gasteiger partial charge in [0.25, 0.3) is 5.91 Å². The molecule has 2 heterocycles. The molecule has 0 aliphatic carbocycles. The van der Waals surface area contributed by atoms with Crippen molar-refractivity contribution in [2.45, 2.75) is 12.7 Å². The van der Waals surface area contributed by atoms with Gasteiger partial charge in [-0.1, -0.05) is 48.5 Å². The molecule has 2 aromatic heterocycles. The summed E-state index contributed by atoms with van der Waals surface area (Å²) < 4.78 is 39.7. The van der Waals surface area contributed by atoms with Crippen LogP contribution in [0.4, 0.5) is 13.2 Å². The molecule has 8 heteroatoms. The molecule has 1 amide bonds. The molecule has 0 unspecified atom stereocenters. The van der Waals surface area contributed by atoms with Crippen molar-refractivity contribution >= 4 is 5.91 Å². The minimum atomic E-state index is -4.51. The van der Waals surface area contributed by atoms with E-state index in [-0.39, 0.29) is 17.7 Å². The van der Waals surface area contributed by atoms with Gasteiger partial charge in [0, 0.05) is 36.3 Å². The summed E-state index contributed by atoms with van der Waals surface area (Å²) in [5, 5.41) is 2.56. The number of pyridine rings is 1. The summed E-state index contributed by atoms with van der Waals surface area (Å²) in [4.78, 5) is 25.8. The molecule has 4 rings (SSSR count). The van der Waals surface area contributed by atoms with E-state index in [0.717, 1.165) is 11.6 Å². The Hall–Kier alpha value is -4.07. The highest BCUT2D eigenvalue weighted by atomic mass is 19.4. The number of hydrogen-bond acceptors (Lipinski definition) is 4. The predicted octanol–water partition coefficient (Wildman–Crippen LogP) is 5.15. The van der Waals surface area contributed by atoms with Crippen molar-refractivity contribution in [1.29, 1.82) is 0 Å². The number of alkyl halides is 3. The number of hydrogen-bond donors (Lipinski definition) is 1. The van der Waals surface area contributed by atoms with Crippen LogP contribution in [0.5, 0.6) is 0 Å². The fourth-order valence-corrected chi connectivity index (χ4v) is 3.23. The Morgan fingerprint density at radius 3 is 2.28 bits per heavy atom. The Kier molecular flexibility index (Phi) is 5.93. The van der Waals surface area contributed by atoms with Crippen LogP contribution in [0.1, 0.15) is 21.5 Å². The quantitative estimate of drug-likeness (QED) is 0.472. The Labute approximate surface area is 182 Å². The van der Waals surface area contributed by atoms with Gasteiger partial charge in [-0.3, -0.25) is 9.78 Å². The molecule has 0 fully saturated rings. The fourth-order valence-electron chi connectivity index (χ4n) is 3.23. The third-order valence-electron chi connectivity index (χ3n) is 4.78. The molecule has 160 valence electrons. The summed E-state index contributed by atoms with van der Waals surface area (Å²) in [6, 6.07) is 17.8. The molecule has 0 aliphatic heterocycles. The number of nitrogens with zero attached hydrogens (tertiary/aromatic N) is 3. The first kappa shape index (κ1) is 21.2. The highest BCUT2D eigenvalue weighted by Crippen LogP contribution is 2.32. The van der Waals surface area contributed by atoms with Crippen molar-refractivity contribution in [3.05, 3.63) is 102 Å². The van der Waals surface area contributed by atoms with Gasteiger partial charge < -0.3 is 5.32 Å². The maximum Gasteiger partial charge on any atom is 0.416 e. The lowest BCUT2D eigenvalue weighted by Crippen LogP contribution is -2.25. The standard InChI is InChI=1S/C24H17F3N4O/c25-24(26,27)20-9-5-4-8-18(20)14-30-23(32)19-15-29-22(17-6-2-1-3-7-17)31-21(19)16-10-12-28-13-11-16/h1-13,15H,14H2,(H,30,32). The summed E-state index contributed by atoms with van der Waals surface area (Å²) in [5.74, 6) is -0.148. The second kappa shape index (κ2) is 8.97. The molecular weight excluding hydrogens is 417 g/mol. The second-order valence-corrected chi connectivity index (χ2v) is 6.90. The van der Waals surface area contributed by atoms with Crippen LogP contribution in [0.3, 0.4) is 0 Å². The number of carbonyl (C=O) groups excluding carboxylic acids is 1. The van der Waals surface area contributed by atoms with E-state index in [1.54, 1.807) is 24.5 Å². The van der Waals surface area contributed by atoms with Gasteiger partial charge in [0.2, 0.25) is 0 Å². The van der Waals surface area contributed by atoms with Crippen molar-refractivity contribution in [3.8, 4) is 22.6 Å². The van der Waals surface area contributed by atoms with Crippen molar-refractivity contribution in [2.75, 3.05) is 0 Å². The van der Waals surface area contributed by atoms with E-state index in [2.05, 4.69) is 20.3 Å². The molecule has 5 nitrogen and oxygen atoms in total. The van der Waals surface area contributed by atoms with E-state index in [1.165, 1.54) is 24.4 Å². The number of benzene rings is 2. The highest BCUT2D eigenvalue weighted by molar-refractivity contribution is 5.99. The summed E-state index contributed by atoms with van der Waals surface area (Å²) in [7, 11) is 0. The first-order valence-electron chi connectivity index (χ1n) is 9.69. The van der Waals surface area contributed by atoms with Gasteiger partial charge in [0.15, 0.2) is 5.82 Å². The zero-order valence-corrected chi connectivity index (χ0v) is 16.7. The van der Waals surface area contributed by atoms with Crippen LogP contribution in [0.2, 0.25) is 0 Å². The molecular formula is C24H17F3N4O. The molecule has 0 atom stereocenters. The Bertz CT molecular complexity index is 1230. The zero-order chi connectivity index (χ0) is 22.6. The van der Waals surface area contributed by atoms with Gasteiger partial charge in [0.05, 0.1) is 16.8 Å². The smallest absolute Gasteiger partial charge is 0.348 e. The maximum atomic E-state index is 13.2. The van der Waals surface area contributed by atoms with E-state index in [9.17, 15) is 18.0 Å². The van der Waals surface area contributed by atoms with Crippen LogP contribution in [-0.2, 0) is 12.7 Å². The molecule has 0 saturated carbocycles. The SMILES string of the molecule is O=C(NCc1ccccc1C(F)(F)F)c1cnc(-c2ccccc2)nc1-c1ccncc1. The molecule has 0 radical (unpaired) electrons. The molecule has 0 bridgehead atoms. The van der Waals surface area contributed by atoms with E-state index in [4.69, 9.17) is 0 Å². The predicted molar refractivity (Wildman–Crippen MR) is 113 cm³/mol.